The summed E-state index contributed by atoms with van der Waals surface area (Å²) in [5.41, 5.74) is 0. The molecule has 86 valence electrons. The standard InChI is InChI=1S/C9H15NO4S/c1-5-6-10(7-8(11)12)15(13,14)9(2,3)4/h1H,6-7H2,2-4H3,(H,11,12). The van der Waals surface area contributed by atoms with Crippen LogP contribution in [0.25, 0.3) is 0 Å². The van der Waals surface area contributed by atoms with Gasteiger partial charge in [-0.3, -0.25) is 4.79 Å². The number of carbonyl (C=O) groups is 1. The van der Waals surface area contributed by atoms with Crippen molar-refractivity contribution in [2.24, 2.45) is 0 Å². The Hall–Kier alpha value is -1.06. The van der Waals surface area contributed by atoms with Gasteiger partial charge in [-0.25, -0.2) is 8.42 Å². The summed E-state index contributed by atoms with van der Waals surface area (Å²) >= 11 is 0. The van der Waals surface area contributed by atoms with Crippen molar-refractivity contribution in [1.29, 1.82) is 0 Å². The van der Waals surface area contributed by atoms with E-state index in [0.717, 1.165) is 4.31 Å². The molecular weight excluding hydrogens is 218 g/mol. The summed E-state index contributed by atoms with van der Waals surface area (Å²) in [6, 6.07) is 0. The highest BCUT2D eigenvalue weighted by molar-refractivity contribution is 7.90. The summed E-state index contributed by atoms with van der Waals surface area (Å²) in [6.07, 6.45) is 5.00. The molecule has 0 unspecified atom stereocenters. The quantitative estimate of drug-likeness (QED) is 0.701. The molecule has 0 aliphatic carbocycles. The number of hydrogen-bond acceptors (Lipinski definition) is 3. The van der Waals surface area contributed by atoms with E-state index in [0.29, 0.717) is 0 Å². The highest BCUT2D eigenvalue weighted by atomic mass is 32.2. The van der Waals surface area contributed by atoms with Crippen LogP contribution in [0, 0.1) is 12.3 Å². The van der Waals surface area contributed by atoms with Gasteiger partial charge in [-0.1, -0.05) is 5.92 Å². The Balaban J connectivity index is 5.11. The van der Waals surface area contributed by atoms with Crippen LogP contribution in [-0.2, 0) is 14.8 Å². The van der Waals surface area contributed by atoms with Crippen LogP contribution in [-0.4, -0.2) is 41.6 Å². The number of terminal acetylenes is 1. The zero-order chi connectivity index (χ0) is 12.3. The molecule has 0 atom stereocenters. The van der Waals surface area contributed by atoms with E-state index in [1.807, 2.05) is 0 Å². The molecule has 0 heterocycles. The lowest BCUT2D eigenvalue weighted by molar-refractivity contribution is -0.137. The zero-order valence-electron chi connectivity index (χ0n) is 9.02. The molecule has 0 amide bonds. The molecule has 0 bridgehead atoms. The van der Waals surface area contributed by atoms with Gasteiger partial charge in [-0.05, 0) is 20.8 Å². The zero-order valence-corrected chi connectivity index (χ0v) is 9.84. The monoisotopic (exact) mass is 233 g/mol. The number of rotatable bonds is 4. The van der Waals surface area contributed by atoms with Crippen LogP contribution in [0.5, 0.6) is 0 Å². The van der Waals surface area contributed by atoms with Gasteiger partial charge >= 0.3 is 5.97 Å². The van der Waals surface area contributed by atoms with E-state index in [9.17, 15) is 13.2 Å². The van der Waals surface area contributed by atoms with Crippen LogP contribution in [0.2, 0.25) is 0 Å². The molecule has 0 aliphatic rings. The van der Waals surface area contributed by atoms with E-state index in [1.54, 1.807) is 0 Å². The van der Waals surface area contributed by atoms with Crippen LogP contribution in [0.3, 0.4) is 0 Å². The Morgan fingerprint density at radius 1 is 1.47 bits per heavy atom. The molecule has 5 nitrogen and oxygen atoms in total. The molecule has 0 aromatic carbocycles. The molecule has 15 heavy (non-hydrogen) atoms. The second-order valence-corrected chi connectivity index (χ2v) is 6.67. The average Bonchev–Trinajstić information content (AvgIpc) is 2.00. The first-order valence-electron chi connectivity index (χ1n) is 4.28. The van der Waals surface area contributed by atoms with Crippen molar-refractivity contribution in [1.82, 2.24) is 4.31 Å². The van der Waals surface area contributed by atoms with Gasteiger partial charge in [0.1, 0.15) is 6.54 Å². The first kappa shape index (κ1) is 13.9. The van der Waals surface area contributed by atoms with Crippen molar-refractivity contribution in [3.8, 4) is 12.3 Å². The fraction of sp³-hybridized carbons (Fsp3) is 0.667. The summed E-state index contributed by atoms with van der Waals surface area (Å²) in [4.78, 5) is 10.5. The minimum atomic E-state index is -3.69. The molecular formula is C9H15NO4S. The molecule has 0 aromatic rings. The number of nitrogens with zero attached hydrogens (tertiary/aromatic N) is 1. The largest absolute Gasteiger partial charge is 0.480 e. The smallest absolute Gasteiger partial charge is 0.318 e. The maximum atomic E-state index is 11.8. The molecule has 0 rings (SSSR count). The van der Waals surface area contributed by atoms with Gasteiger partial charge in [0.15, 0.2) is 0 Å². The van der Waals surface area contributed by atoms with Gasteiger partial charge in [0.2, 0.25) is 10.0 Å². The molecule has 0 radical (unpaired) electrons. The fourth-order valence-corrected chi connectivity index (χ4v) is 2.17. The predicted molar refractivity (Wildman–Crippen MR) is 56.7 cm³/mol. The summed E-state index contributed by atoms with van der Waals surface area (Å²) in [7, 11) is -3.69. The topological polar surface area (TPSA) is 74.7 Å². The number of carboxylic acids is 1. The maximum absolute atomic E-state index is 11.8. The Morgan fingerprint density at radius 3 is 2.20 bits per heavy atom. The number of sulfonamides is 1. The molecule has 0 saturated heterocycles. The summed E-state index contributed by atoms with van der Waals surface area (Å²) in [5, 5.41) is 8.56. The van der Waals surface area contributed by atoms with Crippen LogP contribution < -0.4 is 0 Å². The van der Waals surface area contributed by atoms with E-state index in [2.05, 4.69) is 5.92 Å². The van der Waals surface area contributed by atoms with Gasteiger partial charge in [0.25, 0.3) is 0 Å². The molecule has 0 saturated carbocycles. The SMILES string of the molecule is C#CCN(CC(=O)O)S(=O)(=O)C(C)(C)C. The van der Waals surface area contributed by atoms with Gasteiger partial charge in [0, 0.05) is 0 Å². The van der Waals surface area contributed by atoms with Crippen molar-refractivity contribution >= 4 is 16.0 Å². The number of carboxylic acid groups (broad SMARTS) is 1. The highest BCUT2D eigenvalue weighted by Crippen LogP contribution is 2.19. The van der Waals surface area contributed by atoms with E-state index in [4.69, 9.17) is 11.5 Å². The third kappa shape index (κ3) is 3.53. The Bertz CT molecular complexity index is 372. The minimum Gasteiger partial charge on any atom is -0.480 e. The first-order valence-corrected chi connectivity index (χ1v) is 5.72. The molecule has 6 heteroatoms. The van der Waals surface area contributed by atoms with Gasteiger partial charge in [-0.15, -0.1) is 6.42 Å². The minimum absolute atomic E-state index is 0.230. The lowest BCUT2D eigenvalue weighted by atomic mass is 10.3. The van der Waals surface area contributed by atoms with Crippen molar-refractivity contribution in [2.75, 3.05) is 13.1 Å². The van der Waals surface area contributed by atoms with Crippen molar-refractivity contribution in [2.45, 2.75) is 25.5 Å². The first-order chi connectivity index (χ1) is 6.63. The molecule has 0 aliphatic heterocycles. The third-order valence-corrected chi connectivity index (χ3v) is 4.18. The third-order valence-electron chi connectivity index (χ3n) is 1.69. The molecule has 0 fully saturated rings. The van der Waals surface area contributed by atoms with Crippen LogP contribution >= 0.6 is 0 Å². The maximum Gasteiger partial charge on any atom is 0.318 e. The van der Waals surface area contributed by atoms with E-state index in [1.165, 1.54) is 20.8 Å². The number of hydrogen-bond donors (Lipinski definition) is 1. The second kappa shape index (κ2) is 4.64. The summed E-state index contributed by atoms with van der Waals surface area (Å²) in [5.74, 6) is 0.911. The van der Waals surface area contributed by atoms with Crippen molar-refractivity contribution in [3.63, 3.8) is 0 Å². The lowest BCUT2D eigenvalue weighted by Crippen LogP contribution is -2.45. The van der Waals surface area contributed by atoms with E-state index < -0.39 is 27.3 Å². The Kier molecular flexibility index (Phi) is 4.31. The van der Waals surface area contributed by atoms with E-state index in [-0.39, 0.29) is 6.54 Å². The van der Waals surface area contributed by atoms with E-state index >= 15 is 0 Å². The van der Waals surface area contributed by atoms with Crippen LogP contribution in [0.15, 0.2) is 0 Å². The second-order valence-electron chi connectivity index (χ2n) is 3.98. The normalized spacial score (nSPS) is 12.5. The lowest BCUT2D eigenvalue weighted by Gasteiger charge is -2.27. The summed E-state index contributed by atoms with van der Waals surface area (Å²) < 4.78 is 23.4. The number of aliphatic carboxylic acids is 1. The Morgan fingerprint density at radius 2 is 1.93 bits per heavy atom. The molecule has 0 spiro atoms. The molecule has 0 aromatic heterocycles. The fourth-order valence-electron chi connectivity index (χ4n) is 0.866. The summed E-state index contributed by atoms with van der Waals surface area (Å²) in [6.45, 7) is 3.64. The van der Waals surface area contributed by atoms with Crippen molar-refractivity contribution in [3.05, 3.63) is 0 Å². The average molecular weight is 233 g/mol. The van der Waals surface area contributed by atoms with Crippen molar-refractivity contribution < 1.29 is 18.3 Å². The van der Waals surface area contributed by atoms with Gasteiger partial charge < -0.3 is 5.11 Å². The van der Waals surface area contributed by atoms with Gasteiger partial charge in [0.05, 0.1) is 11.3 Å². The Labute approximate surface area is 90.1 Å². The predicted octanol–water partition coefficient (Wildman–Crippen LogP) is 0.135. The molecule has 1 N–H and O–H groups in total. The highest BCUT2D eigenvalue weighted by Gasteiger charge is 2.35. The van der Waals surface area contributed by atoms with Crippen LogP contribution in [0.1, 0.15) is 20.8 Å². The van der Waals surface area contributed by atoms with Gasteiger partial charge in [-0.2, -0.15) is 4.31 Å². The van der Waals surface area contributed by atoms with Crippen LogP contribution in [0.4, 0.5) is 0 Å².